The Morgan fingerprint density at radius 1 is 1.16 bits per heavy atom. The average molecular weight is 422 g/mol. The van der Waals surface area contributed by atoms with Crippen LogP contribution in [0.15, 0.2) is 23.0 Å². The molecule has 5 rings (SSSR count). The Labute approximate surface area is 179 Å². The SMILES string of the molecule is COc1cc(N2CCNC2=O)ccc1-c1nc2c(c(C3CCCCC3)nn2C)c(=O)[nH]1. The number of benzene rings is 1. The van der Waals surface area contributed by atoms with E-state index in [1.807, 2.05) is 19.2 Å². The van der Waals surface area contributed by atoms with Gasteiger partial charge in [0.05, 0.1) is 18.4 Å². The standard InChI is InChI=1S/C22H26N6O3/c1-27-20-17(18(26-27)13-6-4-3-5-7-13)21(29)25-19(24-20)15-9-8-14(12-16(15)31-2)28-11-10-23-22(28)30/h8-9,12-13H,3-7,10-11H2,1-2H3,(H,23,30)(H,24,25,29). The summed E-state index contributed by atoms with van der Waals surface area (Å²) in [7, 11) is 3.39. The summed E-state index contributed by atoms with van der Waals surface area (Å²) < 4.78 is 7.28. The normalized spacial score (nSPS) is 17.4. The van der Waals surface area contributed by atoms with Crippen molar-refractivity contribution in [1.29, 1.82) is 0 Å². The molecule has 1 aliphatic heterocycles. The zero-order chi connectivity index (χ0) is 21.5. The third kappa shape index (κ3) is 3.34. The Hall–Kier alpha value is -3.36. The van der Waals surface area contributed by atoms with Gasteiger partial charge in [-0.3, -0.25) is 9.69 Å². The fourth-order valence-electron chi connectivity index (χ4n) is 4.74. The highest BCUT2D eigenvalue weighted by Crippen LogP contribution is 2.36. The van der Waals surface area contributed by atoms with Gasteiger partial charge in [0.2, 0.25) is 0 Å². The third-order valence-corrected chi connectivity index (χ3v) is 6.32. The minimum atomic E-state index is -0.182. The van der Waals surface area contributed by atoms with E-state index in [0.717, 1.165) is 24.2 Å². The third-order valence-electron chi connectivity index (χ3n) is 6.32. The minimum absolute atomic E-state index is 0.132. The lowest BCUT2D eigenvalue weighted by Gasteiger charge is -2.19. The number of aromatic amines is 1. The maximum Gasteiger partial charge on any atom is 0.321 e. The lowest BCUT2D eigenvalue weighted by molar-refractivity contribution is 0.252. The first-order valence-corrected chi connectivity index (χ1v) is 10.8. The number of amides is 2. The second kappa shape index (κ2) is 7.72. The van der Waals surface area contributed by atoms with E-state index < -0.39 is 0 Å². The molecule has 0 spiro atoms. The van der Waals surface area contributed by atoms with Crippen molar-refractivity contribution < 1.29 is 9.53 Å². The maximum atomic E-state index is 13.1. The first-order chi connectivity index (χ1) is 15.1. The topological polar surface area (TPSA) is 105 Å². The van der Waals surface area contributed by atoms with Crippen molar-refractivity contribution in [2.24, 2.45) is 7.05 Å². The van der Waals surface area contributed by atoms with Crippen molar-refractivity contribution in [2.45, 2.75) is 38.0 Å². The van der Waals surface area contributed by atoms with Crippen molar-refractivity contribution in [1.82, 2.24) is 25.1 Å². The highest BCUT2D eigenvalue weighted by molar-refractivity contribution is 5.94. The van der Waals surface area contributed by atoms with Crippen LogP contribution >= 0.6 is 0 Å². The van der Waals surface area contributed by atoms with Crippen molar-refractivity contribution in [3.05, 3.63) is 34.2 Å². The number of urea groups is 1. The van der Waals surface area contributed by atoms with E-state index in [9.17, 15) is 9.59 Å². The van der Waals surface area contributed by atoms with E-state index in [-0.39, 0.29) is 11.6 Å². The molecule has 3 heterocycles. The Kier molecular flexibility index (Phi) is 4.88. The van der Waals surface area contributed by atoms with E-state index in [0.29, 0.717) is 47.2 Å². The molecular weight excluding hydrogens is 396 g/mol. The number of carbonyl (C=O) groups excluding carboxylic acids is 1. The molecule has 1 saturated carbocycles. The monoisotopic (exact) mass is 422 g/mol. The highest BCUT2D eigenvalue weighted by Gasteiger charge is 2.26. The van der Waals surface area contributed by atoms with Gasteiger partial charge >= 0.3 is 6.03 Å². The Balaban J connectivity index is 1.58. The van der Waals surface area contributed by atoms with Gasteiger partial charge in [-0.15, -0.1) is 0 Å². The van der Waals surface area contributed by atoms with Gasteiger partial charge in [-0.05, 0) is 25.0 Å². The van der Waals surface area contributed by atoms with Crippen LogP contribution in [0.25, 0.3) is 22.4 Å². The number of aryl methyl sites for hydroxylation is 1. The van der Waals surface area contributed by atoms with Crippen LogP contribution in [0, 0.1) is 0 Å². The second-order valence-corrected chi connectivity index (χ2v) is 8.23. The number of carbonyl (C=O) groups is 1. The molecule has 2 fully saturated rings. The van der Waals surface area contributed by atoms with Gasteiger partial charge in [-0.2, -0.15) is 5.10 Å². The van der Waals surface area contributed by atoms with Crippen LogP contribution in [0.4, 0.5) is 10.5 Å². The van der Waals surface area contributed by atoms with E-state index in [4.69, 9.17) is 9.72 Å². The first-order valence-electron chi connectivity index (χ1n) is 10.8. The Morgan fingerprint density at radius 3 is 2.68 bits per heavy atom. The number of fused-ring (bicyclic) bond motifs is 1. The minimum Gasteiger partial charge on any atom is -0.496 e. The first kappa shape index (κ1) is 19.6. The van der Waals surface area contributed by atoms with Gasteiger partial charge < -0.3 is 15.0 Å². The van der Waals surface area contributed by atoms with Gasteiger partial charge in [0.25, 0.3) is 5.56 Å². The van der Waals surface area contributed by atoms with Gasteiger partial charge in [0.1, 0.15) is 17.0 Å². The summed E-state index contributed by atoms with van der Waals surface area (Å²) in [6, 6.07) is 5.32. The smallest absolute Gasteiger partial charge is 0.321 e. The van der Waals surface area contributed by atoms with Gasteiger partial charge in [-0.1, -0.05) is 19.3 Å². The van der Waals surface area contributed by atoms with Crippen LogP contribution in [0.1, 0.15) is 43.7 Å². The molecule has 1 aliphatic carbocycles. The van der Waals surface area contributed by atoms with Crippen molar-refractivity contribution >= 4 is 22.8 Å². The number of ether oxygens (including phenoxy) is 1. The van der Waals surface area contributed by atoms with Gasteiger partial charge in [0.15, 0.2) is 5.65 Å². The van der Waals surface area contributed by atoms with Gasteiger partial charge in [0, 0.05) is 37.8 Å². The Bertz CT molecular complexity index is 1210. The molecule has 31 heavy (non-hydrogen) atoms. The molecule has 2 amide bonds. The average Bonchev–Trinajstić information content (AvgIpc) is 3.37. The molecular formula is C22H26N6O3. The zero-order valence-corrected chi connectivity index (χ0v) is 17.8. The summed E-state index contributed by atoms with van der Waals surface area (Å²) in [5, 5.41) is 8.06. The van der Waals surface area contributed by atoms with Crippen molar-refractivity contribution in [3.8, 4) is 17.1 Å². The van der Waals surface area contributed by atoms with Crippen LogP contribution in [-0.2, 0) is 7.05 Å². The lowest BCUT2D eigenvalue weighted by Crippen LogP contribution is -2.27. The molecule has 2 aromatic heterocycles. The number of nitrogens with zero attached hydrogens (tertiary/aromatic N) is 4. The molecule has 0 radical (unpaired) electrons. The lowest BCUT2D eigenvalue weighted by atomic mass is 9.86. The largest absolute Gasteiger partial charge is 0.496 e. The Morgan fingerprint density at radius 2 is 1.97 bits per heavy atom. The van der Waals surface area contributed by atoms with Crippen LogP contribution in [0.2, 0.25) is 0 Å². The number of H-pyrrole nitrogens is 1. The van der Waals surface area contributed by atoms with Crippen LogP contribution in [0.5, 0.6) is 5.75 Å². The number of anilines is 1. The molecule has 0 atom stereocenters. The molecule has 0 bridgehead atoms. The number of hydrogen-bond donors (Lipinski definition) is 2. The quantitative estimate of drug-likeness (QED) is 0.673. The fourth-order valence-corrected chi connectivity index (χ4v) is 4.74. The summed E-state index contributed by atoms with van der Waals surface area (Å²) in [6.07, 6.45) is 5.71. The van der Waals surface area contributed by atoms with E-state index in [2.05, 4.69) is 15.4 Å². The summed E-state index contributed by atoms with van der Waals surface area (Å²) in [4.78, 5) is 34.5. The summed E-state index contributed by atoms with van der Waals surface area (Å²) in [6.45, 7) is 1.21. The maximum absolute atomic E-state index is 13.1. The summed E-state index contributed by atoms with van der Waals surface area (Å²) >= 11 is 0. The molecule has 1 saturated heterocycles. The van der Waals surface area contributed by atoms with Crippen LogP contribution in [-0.4, -0.2) is 46.0 Å². The molecule has 3 aromatic rings. The zero-order valence-electron chi connectivity index (χ0n) is 17.8. The van der Waals surface area contributed by atoms with E-state index in [1.54, 1.807) is 22.8 Å². The highest BCUT2D eigenvalue weighted by atomic mass is 16.5. The number of nitrogens with one attached hydrogen (secondary N) is 2. The number of aromatic nitrogens is 4. The van der Waals surface area contributed by atoms with Crippen molar-refractivity contribution in [3.63, 3.8) is 0 Å². The predicted molar refractivity (Wildman–Crippen MR) is 118 cm³/mol. The molecule has 2 aliphatic rings. The summed E-state index contributed by atoms with van der Waals surface area (Å²) in [5.74, 6) is 1.27. The fraction of sp³-hybridized carbons (Fsp3) is 0.455. The second-order valence-electron chi connectivity index (χ2n) is 8.23. The summed E-state index contributed by atoms with van der Waals surface area (Å²) in [5.41, 5.74) is 2.65. The predicted octanol–water partition coefficient (Wildman–Crippen LogP) is 2.91. The number of methoxy groups -OCH3 is 1. The molecule has 9 nitrogen and oxygen atoms in total. The van der Waals surface area contributed by atoms with E-state index >= 15 is 0 Å². The molecule has 2 N–H and O–H groups in total. The van der Waals surface area contributed by atoms with Crippen LogP contribution < -0.4 is 20.5 Å². The van der Waals surface area contributed by atoms with Crippen LogP contribution in [0.3, 0.4) is 0 Å². The number of hydrogen-bond acceptors (Lipinski definition) is 5. The van der Waals surface area contributed by atoms with Crippen molar-refractivity contribution in [2.75, 3.05) is 25.1 Å². The number of rotatable bonds is 4. The molecule has 1 aromatic carbocycles. The molecule has 9 heteroatoms. The van der Waals surface area contributed by atoms with E-state index in [1.165, 1.54) is 19.3 Å². The molecule has 162 valence electrons. The van der Waals surface area contributed by atoms with Gasteiger partial charge in [-0.25, -0.2) is 14.5 Å². The molecule has 0 unspecified atom stereocenters.